The van der Waals surface area contributed by atoms with Gasteiger partial charge in [0.05, 0.1) is 21.8 Å². The van der Waals surface area contributed by atoms with E-state index >= 15 is 0 Å². The van der Waals surface area contributed by atoms with Crippen LogP contribution in [0.1, 0.15) is 57.4 Å². The fraction of sp³-hybridized carbons (Fsp3) is 0.533. The van der Waals surface area contributed by atoms with Crippen molar-refractivity contribution in [2.45, 2.75) is 46.6 Å². The van der Waals surface area contributed by atoms with Gasteiger partial charge in [0, 0.05) is 17.3 Å². The molecule has 1 amide bonds. The monoisotopic (exact) mass is 323 g/mol. The summed E-state index contributed by atoms with van der Waals surface area (Å²) in [5, 5.41) is 3.92. The van der Waals surface area contributed by atoms with Crippen LogP contribution in [-0.2, 0) is 6.42 Å². The maximum Gasteiger partial charge on any atom is 0.273 e. The molecular weight excluding hydrogens is 302 g/mol. The van der Waals surface area contributed by atoms with E-state index in [2.05, 4.69) is 23.8 Å². The van der Waals surface area contributed by atoms with Crippen molar-refractivity contribution in [3.63, 3.8) is 0 Å². The summed E-state index contributed by atoms with van der Waals surface area (Å²) in [5.41, 5.74) is 1.53. The second-order valence-corrected chi connectivity index (χ2v) is 7.49. The van der Waals surface area contributed by atoms with Gasteiger partial charge in [-0.15, -0.1) is 22.7 Å². The third-order valence-corrected chi connectivity index (χ3v) is 5.28. The number of thiazole rings is 2. The summed E-state index contributed by atoms with van der Waals surface area (Å²) in [4.78, 5) is 24.4. The number of carbonyl (C=O) groups is 1. The van der Waals surface area contributed by atoms with E-state index < -0.39 is 0 Å². The molecule has 0 fully saturated rings. The average molecular weight is 323 g/mol. The molecule has 0 aliphatic heterocycles. The molecule has 0 bridgehead atoms. The highest BCUT2D eigenvalue weighted by Gasteiger charge is 2.24. The fourth-order valence-electron chi connectivity index (χ4n) is 2.21. The van der Waals surface area contributed by atoms with E-state index in [0.29, 0.717) is 5.69 Å². The van der Waals surface area contributed by atoms with Crippen LogP contribution in [0.15, 0.2) is 5.38 Å². The van der Waals surface area contributed by atoms with Gasteiger partial charge >= 0.3 is 0 Å². The van der Waals surface area contributed by atoms with Crippen molar-refractivity contribution >= 4 is 28.6 Å². The molecule has 0 radical (unpaired) electrons. The molecule has 21 heavy (non-hydrogen) atoms. The zero-order valence-corrected chi connectivity index (χ0v) is 14.8. The Kier molecular flexibility index (Phi) is 5.11. The van der Waals surface area contributed by atoms with Crippen molar-refractivity contribution in [2.24, 2.45) is 0 Å². The number of carbonyl (C=O) groups excluding carboxylic acids is 1. The molecule has 0 unspecified atom stereocenters. The van der Waals surface area contributed by atoms with Gasteiger partial charge in [0.2, 0.25) is 0 Å². The Morgan fingerprint density at radius 2 is 2.10 bits per heavy atom. The zero-order chi connectivity index (χ0) is 15.6. The van der Waals surface area contributed by atoms with Crippen LogP contribution in [0.25, 0.3) is 0 Å². The van der Waals surface area contributed by atoms with Crippen molar-refractivity contribution in [1.82, 2.24) is 14.9 Å². The minimum Gasteiger partial charge on any atom is -0.332 e. The van der Waals surface area contributed by atoms with E-state index in [1.54, 1.807) is 27.6 Å². The van der Waals surface area contributed by atoms with Crippen LogP contribution >= 0.6 is 22.7 Å². The predicted molar refractivity (Wildman–Crippen MR) is 88.2 cm³/mol. The normalized spacial score (nSPS) is 12.4. The summed E-state index contributed by atoms with van der Waals surface area (Å²) >= 11 is 3.23. The van der Waals surface area contributed by atoms with Crippen LogP contribution < -0.4 is 0 Å². The summed E-state index contributed by atoms with van der Waals surface area (Å²) in [6.07, 6.45) is 1.98. The fourth-order valence-corrected chi connectivity index (χ4v) is 3.99. The van der Waals surface area contributed by atoms with Crippen LogP contribution in [-0.4, -0.2) is 27.8 Å². The van der Waals surface area contributed by atoms with E-state index in [1.807, 2.05) is 26.3 Å². The lowest BCUT2D eigenvalue weighted by Crippen LogP contribution is -2.30. The molecule has 0 saturated carbocycles. The molecule has 0 aromatic carbocycles. The van der Waals surface area contributed by atoms with Crippen LogP contribution in [0.4, 0.5) is 0 Å². The maximum absolute atomic E-state index is 12.5. The molecule has 2 heterocycles. The van der Waals surface area contributed by atoms with Gasteiger partial charge in [-0.2, -0.15) is 0 Å². The van der Waals surface area contributed by atoms with E-state index in [-0.39, 0.29) is 11.9 Å². The second-order valence-electron chi connectivity index (χ2n) is 5.14. The first kappa shape index (κ1) is 16.1. The Balaban J connectivity index is 2.16. The Hall–Kier alpha value is -1.27. The summed E-state index contributed by atoms with van der Waals surface area (Å²) in [6.45, 7) is 8.17. The molecule has 1 atom stereocenters. The summed E-state index contributed by atoms with van der Waals surface area (Å²) in [7, 11) is 1.82. The van der Waals surface area contributed by atoms with Crippen molar-refractivity contribution in [3.8, 4) is 0 Å². The highest BCUT2D eigenvalue weighted by Crippen LogP contribution is 2.27. The van der Waals surface area contributed by atoms with Gasteiger partial charge in [-0.3, -0.25) is 4.79 Å². The minimum absolute atomic E-state index is 0.0360. The van der Waals surface area contributed by atoms with E-state index in [9.17, 15) is 4.79 Å². The standard InChI is InChI=1S/C15H21N3OS2/c1-6-7-13-17-12(8-20-13)15(19)18(5)9(2)14-10(3)21-11(4)16-14/h8-9H,6-7H2,1-5H3/t9-/m0/s1. The smallest absolute Gasteiger partial charge is 0.273 e. The molecule has 0 aliphatic rings. The number of aromatic nitrogens is 2. The van der Waals surface area contributed by atoms with Crippen LogP contribution in [0, 0.1) is 13.8 Å². The number of rotatable bonds is 5. The number of hydrogen-bond acceptors (Lipinski definition) is 5. The molecule has 0 N–H and O–H groups in total. The Morgan fingerprint density at radius 1 is 1.38 bits per heavy atom. The van der Waals surface area contributed by atoms with E-state index in [0.717, 1.165) is 28.6 Å². The summed E-state index contributed by atoms with van der Waals surface area (Å²) in [6, 6.07) is -0.0428. The molecule has 2 aromatic rings. The van der Waals surface area contributed by atoms with Crippen LogP contribution in [0.5, 0.6) is 0 Å². The lowest BCUT2D eigenvalue weighted by atomic mass is 10.2. The number of aryl methyl sites for hydroxylation is 3. The zero-order valence-electron chi connectivity index (χ0n) is 13.1. The van der Waals surface area contributed by atoms with Crippen molar-refractivity contribution in [1.29, 1.82) is 0 Å². The lowest BCUT2D eigenvalue weighted by Gasteiger charge is -2.23. The number of amides is 1. The van der Waals surface area contributed by atoms with Gasteiger partial charge < -0.3 is 4.90 Å². The molecule has 4 nitrogen and oxygen atoms in total. The first-order valence-electron chi connectivity index (χ1n) is 7.09. The lowest BCUT2D eigenvalue weighted by molar-refractivity contribution is 0.0734. The molecule has 0 saturated heterocycles. The van der Waals surface area contributed by atoms with E-state index in [4.69, 9.17) is 0 Å². The van der Waals surface area contributed by atoms with Gasteiger partial charge in [-0.1, -0.05) is 6.92 Å². The summed E-state index contributed by atoms with van der Waals surface area (Å²) in [5.74, 6) is -0.0360. The minimum atomic E-state index is -0.0428. The molecule has 2 aromatic heterocycles. The quantitative estimate of drug-likeness (QED) is 0.835. The SMILES string of the molecule is CCCc1nc(C(=O)N(C)[C@@H](C)c2nc(C)sc2C)cs1. The Morgan fingerprint density at radius 3 is 2.67 bits per heavy atom. The second kappa shape index (κ2) is 6.66. The van der Waals surface area contributed by atoms with Gasteiger partial charge in [0.25, 0.3) is 5.91 Å². The molecule has 0 spiro atoms. The number of hydrogen-bond donors (Lipinski definition) is 0. The van der Waals surface area contributed by atoms with Gasteiger partial charge in [0.1, 0.15) is 5.69 Å². The predicted octanol–water partition coefficient (Wildman–Crippen LogP) is 4.00. The molecule has 6 heteroatoms. The van der Waals surface area contributed by atoms with Crippen molar-refractivity contribution < 1.29 is 4.79 Å². The van der Waals surface area contributed by atoms with E-state index in [1.165, 1.54) is 4.88 Å². The average Bonchev–Trinajstić information content (AvgIpc) is 3.03. The third kappa shape index (κ3) is 3.49. The van der Waals surface area contributed by atoms with Crippen molar-refractivity contribution in [2.75, 3.05) is 7.05 Å². The first-order chi connectivity index (χ1) is 9.93. The van der Waals surface area contributed by atoms with Crippen LogP contribution in [0.2, 0.25) is 0 Å². The molecule has 114 valence electrons. The van der Waals surface area contributed by atoms with Gasteiger partial charge in [-0.25, -0.2) is 9.97 Å². The maximum atomic E-state index is 12.5. The first-order valence-corrected chi connectivity index (χ1v) is 8.79. The van der Waals surface area contributed by atoms with Crippen LogP contribution in [0.3, 0.4) is 0 Å². The Bertz CT molecular complexity index is 633. The third-order valence-electron chi connectivity index (χ3n) is 3.47. The van der Waals surface area contributed by atoms with Gasteiger partial charge in [0.15, 0.2) is 0 Å². The molecule has 2 rings (SSSR count). The summed E-state index contributed by atoms with van der Waals surface area (Å²) < 4.78 is 0. The molecular formula is C15H21N3OS2. The van der Waals surface area contributed by atoms with Crippen molar-refractivity contribution in [3.05, 3.63) is 31.7 Å². The van der Waals surface area contributed by atoms with Gasteiger partial charge in [-0.05, 0) is 33.6 Å². The highest BCUT2D eigenvalue weighted by atomic mass is 32.1. The largest absolute Gasteiger partial charge is 0.332 e. The topological polar surface area (TPSA) is 46.1 Å². The highest BCUT2D eigenvalue weighted by molar-refractivity contribution is 7.11. The molecule has 0 aliphatic carbocycles. The Labute approximate surface area is 133 Å². The number of nitrogens with zero attached hydrogens (tertiary/aromatic N) is 3.